The summed E-state index contributed by atoms with van der Waals surface area (Å²) in [5, 5.41) is 2.34. The molecule has 6 rings (SSSR count). The number of rotatable bonds is 2. The molecule has 0 fully saturated rings. The van der Waals surface area contributed by atoms with Gasteiger partial charge in [-0.05, 0) is 34.3 Å². The topological polar surface area (TPSA) is 25.8 Å². The van der Waals surface area contributed by atoms with E-state index in [9.17, 15) is 0 Å². The fraction of sp³-hybridized carbons (Fsp3) is 0. The second-order valence-electron chi connectivity index (χ2n) is 7.33. The van der Waals surface area contributed by atoms with Crippen molar-refractivity contribution >= 4 is 21.8 Å². The third-order valence-electron chi connectivity index (χ3n) is 5.17. The predicted octanol–water partition coefficient (Wildman–Crippen LogP) is 7.40. The molecule has 158 valence electrons. The SMILES string of the molecule is [Ir+3].[c-]1ccccc1-c1ccc2ccccc2n1.[c-]1ccccc1-c1ccc2ccccc2n1. The number of para-hydroxylation sites is 2. The van der Waals surface area contributed by atoms with Crippen LogP contribution in [0, 0.1) is 12.1 Å². The van der Waals surface area contributed by atoms with Crippen LogP contribution in [0.1, 0.15) is 0 Å². The molecule has 2 aromatic heterocycles. The monoisotopic (exact) mass is 601 g/mol. The normalized spacial score (nSPS) is 10.2. The summed E-state index contributed by atoms with van der Waals surface area (Å²) in [6, 6.07) is 46.7. The molecular formula is C30H20IrN2+. The van der Waals surface area contributed by atoms with Gasteiger partial charge in [0.05, 0.1) is 11.0 Å². The van der Waals surface area contributed by atoms with Gasteiger partial charge in [0.2, 0.25) is 0 Å². The van der Waals surface area contributed by atoms with Gasteiger partial charge in [-0.3, -0.25) is 9.97 Å². The molecule has 0 amide bonds. The van der Waals surface area contributed by atoms with Gasteiger partial charge in [-0.2, -0.15) is 0 Å². The Kier molecular flexibility index (Phi) is 7.36. The smallest absolute Gasteiger partial charge is 0.296 e. The molecule has 0 unspecified atom stereocenters. The predicted molar refractivity (Wildman–Crippen MR) is 132 cm³/mol. The standard InChI is InChI=1S/2C15H10N.Ir/c2*1-2-6-12(7-3-1)15-11-10-13-8-4-5-9-14(13)16-15;/h2*1-6,8-11H;/q2*-1;+3. The van der Waals surface area contributed by atoms with Crippen LogP contribution in [0.4, 0.5) is 0 Å². The first-order chi connectivity index (χ1) is 15.9. The van der Waals surface area contributed by atoms with Crippen LogP contribution >= 0.6 is 0 Å². The van der Waals surface area contributed by atoms with E-state index in [0.29, 0.717) is 0 Å². The number of aromatic nitrogens is 2. The van der Waals surface area contributed by atoms with Crippen molar-refractivity contribution < 1.29 is 20.1 Å². The maximum Gasteiger partial charge on any atom is 3.00 e. The molecule has 0 bridgehead atoms. The zero-order valence-corrected chi connectivity index (χ0v) is 20.2. The molecule has 3 heteroatoms. The molecule has 2 nitrogen and oxygen atoms in total. The van der Waals surface area contributed by atoms with E-state index in [1.54, 1.807) is 0 Å². The quantitative estimate of drug-likeness (QED) is 0.194. The molecule has 4 aromatic carbocycles. The first-order valence-corrected chi connectivity index (χ1v) is 10.5. The Hall–Kier alpha value is -3.65. The molecule has 0 spiro atoms. The maximum atomic E-state index is 4.61. The molecule has 0 aliphatic carbocycles. The summed E-state index contributed by atoms with van der Waals surface area (Å²) in [5.74, 6) is 0. The van der Waals surface area contributed by atoms with Crippen molar-refractivity contribution in [2.45, 2.75) is 0 Å². The molecule has 0 aliphatic heterocycles. The Bertz CT molecular complexity index is 1350. The summed E-state index contributed by atoms with van der Waals surface area (Å²) in [7, 11) is 0. The van der Waals surface area contributed by atoms with Crippen LogP contribution in [-0.4, -0.2) is 9.97 Å². The number of fused-ring (bicyclic) bond motifs is 2. The minimum absolute atomic E-state index is 0. The first-order valence-electron chi connectivity index (χ1n) is 10.5. The van der Waals surface area contributed by atoms with Crippen LogP contribution in [0.3, 0.4) is 0 Å². The van der Waals surface area contributed by atoms with Gasteiger partial charge in [0, 0.05) is 0 Å². The second-order valence-corrected chi connectivity index (χ2v) is 7.33. The van der Waals surface area contributed by atoms with Crippen LogP contribution in [0.5, 0.6) is 0 Å². The average molecular weight is 601 g/mol. The summed E-state index contributed by atoms with van der Waals surface area (Å²) in [5.41, 5.74) is 6.06. The molecular weight excluding hydrogens is 581 g/mol. The van der Waals surface area contributed by atoms with Gasteiger partial charge in [-0.25, -0.2) is 0 Å². The Labute approximate surface area is 207 Å². The van der Waals surface area contributed by atoms with Crippen LogP contribution in [-0.2, 0) is 20.1 Å². The number of hydrogen-bond acceptors (Lipinski definition) is 2. The molecule has 0 atom stereocenters. The Morgan fingerprint density at radius 2 is 0.848 bits per heavy atom. The van der Waals surface area contributed by atoms with Crippen molar-refractivity contribution in [3.05, 3.63) is 133 Å². The molecule has 2 heterocycles. The number of hydrogen-bond donors (Lipinski definition) is 0. The van der Waals surface area contributed by atoms with Gasteiger partial charge in [-0.1, -0.05) is 60.7 Å². The fourth-order valence-corrected chi connectivity index (χ4v) is 3.54. The third kappa shape index (κ3) is 5.40. The number of pyridine rings is 2. The Morgan fingerprint density at radius 1 is 0.424 bits per heavy atom. The van der Waals surface area contributed by atoms with Gasteiger partial charge in [0.25, 0.3) is 0 Å². The Balaban J connectivity index is 0.000000152. The van der Waals surface area contributed by atoms with Crippen LogP contribution in [0.25, 0.3) is 44.3 Å². The zero-order valence-electron chi connectivity index (χ0n) is 17.8. The van der Waals surface area contributed by atoms with Gasteiger partial charge in [-0.15, -0.1) is 71.8 Å². The van der Waals surface area contributed by atoms with E-state index in [0.717, 1.165) is 33.5 Å². The molecule has 33 heavy (non-hydrogen) atoms. The fourth-order valence-electron chi connectivity index (χ4n) is 3.54. The minimum Gasteiger partial charge on any atom is -0.296 e. The van der Waals surface area contributed by atoms with Crippen molar-refractivity contribution in [3.63, 3.8) is 0 Å². The number of nitrogens with zero attached hydrogens (tertiary/aromatic N) is 2. The van der Waals surface area contributed by atoms with E-state index in [-0.39, 0.29) is 20.1 Å². The van der Waals surface area contributed by atoms with Crippen molar-refractivity contribution in [2.24, 2.45) is 0 Å². The maximum absolute atomic E-state index is 4.61. The van der Waals surface area contributed by atoms with E-state index in [1.165, 1.54) is 10.8 Å². The van der Waals surface area contributed by atoms with Crippen LogP contribution in [0.15, 0.2) is 121 Å². The van der Waals surface area contributed by atoms with E-state index >= 15 is 0 Å². The van der Waals surface area contributed by atoms with Gasteiger partial charge in [0.1, 0.15) is 0 Å². The summed E-state index contributed by atoms with van der Waals surface area (Å²) in [6.07, 6.45) is 0. The van der Waals surface area contributed by atoms with Crippen LogP contribution < -0.4 is 0 Å². The average Bonchev–Trinajstić information content (AvgIpc) is 2.89. The summed E-state index contributed by atoms with van der Waals surface area (Å²) >= 11 is 0. The summed E-state index contributed by atoms with van der Waals surface area (Å²) < 4.78 is 0. The largest absolute Gasteiger partial charge is 3.00 e. The number of benzene rings is 4. The molecule has 0 saturated heterocycles. The van der Waals surface area contributed by atoms with Gasteiger partial charge in [0.15, 0.2) is 0 Å². The van der Waals surface area contributed by atoms with Crippen molar-refractivity contribution in [1.82, 2.24) is 9.97 Å². The second kappa shape index (κ2) is 10.8. The van der Waals surface area contributed by atoms with E-state index in [2.05, 4.69) is 46.4 Å². The first kappa shape index (κ1) is 22.5. The third-order valence-corrected chi connectivity index (χ3v) is 5.17. The van der Waals surface area contributed by atoms with Crippen LogP contribution in [0.2, 0.25) is 0 Å². The molecule has 0 N–H and O–H groups in total. The van der Waals surface area contributed by atoms with E-state index in [4.69, 9.17) is 0 Å². The molecule has 0 saturated carbocycles. The van der Waals surface area contributed by atoms with Gasteiger partial charge >= 0.3 is 20.1 Å². The van der Waals surface area contributed by atoms with Gasteiger partial charge < -0.3 is 0 Å². The summed E-state index contributed by atoms with van der Waals surface area (Å²) in [6.45, 7) is 0. The molecule has 0 radical (unpaired) electrons. The molecule has 6 aromatic rings. The van der Waals surface area contributed by atoms with E-state index in [1.807, 2.05) is 97.1 Å². The van der Waals surface area contributed by atoms with Crippen molar-refractivity contribution in [1.29, 1.82) is 0 Å². The van der Waals surface area contributed by atoms with E-state index < -0.39 is 0 Å². The van der Waals surface area contributed by atoms with Crippen molar-refractivity contribution in [3.8, 4) is 22.5 Å². The summed E-state index contributed by atoms with van der Waals surface area (Å²) in [4.78, 5) is 9.23. The van der Waals surface area contributed by atoms with Crippen molar-refractivity contribution in [2.75, 3.05) is 0 Å². The minimum atomic E-state index is 0. The Morgan fingerprint density at radius 3 is 1.27 bits per heavy atom. The zero-order chi connectivity index (χ0) is 21.6. The molecule has 0 aliphatic rings.